The van der Waals surface area contributed by atoms with Crippen molar-refractivity contribution in [2.24, 2.45) is 0 Å². The maximum absolute atomic E-state index is 11.8. The van der Waals surface area contributed by atoms with E-state index in [0.717, 1.165) is 6.42 Å². The van der Waals surface area contributed by atoms with Crippen molar-refractivity contribution in [1.82, 2.24) is 4.90 Å². The third-order valence-corrected chi connectivity index (χ3v) is 2.10. The smallest absolute Gasteiger partial charge is 0.410 e. The lowest BCUT2D eigenvalue weighted by Crippen LogP contribution is -2.39. The summed E-state index contributed by atoms with van der Waals surface area (Å²) in [4.78, 5) is 13.4. The van der Waals surface area contributed by atoms with Crippen molar-refractivity contribution in [2.75, 3.05) is 13.1 Å². The maximum atomic E-state index is 11.8. The molecule has 1 heterocycles. The highest BCUT2D eigenvalue weighted by Gasteiger charge is 2.39. The number of aliphatic hydroxyl groups is 1. The van der Waals surface area contributed by atoms with E-state index in [1.54, 1.807) is 4.90 Å². The van der Waals surface area contributed by atoms with Gasteiger partial charge in [0.25, 0.3) is 0 Å². The van der Waals surface area contributed by atoms with Crippen LogP contribution in [0.3, 0.4) is 0 Å². The molecule has 0 radical (unpaired) electrons. The predicted molar refractivity (Wildman–Crippen MR) is 59.0 cm³/mol. The number of nitrogens with zero attached hydrogens (tertiary/aromatic N) is 1. The number of carbonyl (C=O) groups excluding carboxylic acids is 1. The van der Waals surface area contributed by atoms with Crippen molar-refractivity contribution in [1.29, 1.82) is 0 Å². The van der Waals surface area contributed by atoms with Gasteiger partial charge in [-0.3, -0.25) is 0 Å². The van der Waals surface area contributed by atoms with Crippen molar-refractivity contribution in [3.05, 3.63) is 0 Å². The number of carbonyl (C=O) groups is 1. The second-order valence-electron chi connectivity index (χ2n) is 4.99. The van der Waals surface area contributed by atoms with Crippen molar-refractivity contribution in [3.8, 4) is 0 Å². The average Bonchev–Trinajstić information content (AvgIpc) is 2.78. The van der Waals surface area contributed by atoms with Gasteiger partial charge in [-0.25, -0.2) is 4.79 Å². The highest BCUT2D eigenvalue weighted by atomic mass is 16.7. The molecule has 1 N–H and O–H groups in total. The minimum Gasteiger partial charge on any atom is -0.444 e. The summed E-state index contributed by atoms with van der Waals surface area (Å²) in [5.74, 6) is 0. The first-order valence-corrected chi connectivity index (χ1v) is 5.65. The van der Waals surface area contributed by atoms with Gasteiger partial charge in [0.2, 0.25) is 0 Å². The van der Waals surface area contributed by atoms with Gasteiger partial charge in [-0.1, -0.05) is 6.92 Å². The maximum Gasteiger partial charge on any atom is 0.410 e. The number of amides is 1. The van der Waals surface area contributed by atoms with Crippen LogP contribution in [0.4, 0.5) is 4.79 Å². The summed E-state index contributed by atoms with van der Waals surface area (Å²) in [6.07, 6.45) is -0.472. The standard InChI is InChI=1S/C11H21NO4/c1-5-6-12(7-8-9(13)15-8)10(14)16-11(2,3)4/h8-9,13H,5-7H2,1-4H3. The molecule has 1 rings (SSSR count). The molecule has 2 atom stereocenters. The van der Waals surface area contributed by atoms with Crippen LogP contribution in [-0.4, -0.2) is 47.2 Å². The summed E-state index contributed by atoms with van der Waals surface area (Å²) in [6.45, 7) is 8.49. The minimum atomic E-state index is -0.721. The molecule has 94 valence electrons. The molecule has 16 heavy (non-hydrogen) atoms. The zero-order valence-electron chi connectivity index (χ0n) is 10.4. The zero-order chi connectivity index (χ0) is 12.3. The molecule has 1 aliphatic heterocycles. The number of rotatable bonds is 4. The molecule has 1 saturated heterocycles. The molecule has 0 saturated carbocycles. The summed E-state index contributed by atoms with van der Waals surface area (Å²) in [7, 11) is 0. The fraction of sp³-hybridized carbons (Fsp3) is 0.909. The van der Waals surface area contributed by atoms with Gasteiger partial charge < -0.3 is 19.5 Å². The lowest BCUT2D eigenvalue weighted by atomic mass is 10.2. The van der Waals surface area contributed by atoms with Gasteiger partial charge in [-0.2, -0.15) is 0 Å². The van der Waals surface area contributed by atoms with E-state index < -0.39 is 11.9 Å². The third-order valence-electron chi connectivity index (χ3n) is 2.10. The van der Waals surface area contributed by atoms with Crippen LogP contribution >= 0.6 is 0 Å². The molecular formula is C11H21NO4. The average molecular weight is 231 g/mol. The molecule has 0 bridgehead atoms. The Kier molecular flexibility index (Phi) is 4.15. The van der Waals surface area contributed by atoms with Gasteiger partial charge in [-0.05, 0) is 27.2 Å². The Bertz CT molecular complexity index is 249. The molecule has 1 fully saturated rings. The van der Waals surface area contributed by atoms with Gasteiger partial charge in [0.15, 0.2) is 6.29 Å². The van der Waals surface area contributed by atoms with Crippen LogP contribution in [0.1, 0.15) is 34.1 Å². The van der Waals surface area contributed by atoms with E-state index in [1.807, 2.05) is 27.7 Å². The summed E-state index contributed by atoms with van der Waals surface area (Å²) >= 11 is 0. The molecule has 5 nitrogen and oxygen atoms in total. The molecule has 1 aliphatic rings. The van der Waals surface area contributed by atoms with Gasteiger partial charge in [-0.15, -0.1) is 0 Å². The molecule has 0 aromatic rings. The first-order chi connectivity index (χ1) is 7.33. The molecule has 0 aliphatic carbocycles. The fourth-order valence-corrected chi connectivity index (χ4v) is 1.34. The molecule has 0 spiro atoms. The van der Waals surface area contributed by atoms with Crippen molar-refractivity contribution < 1.29 is 19.4 Å². The van der Waals surface area contributed by atoms with Crippen LogP contribution in [0.2, 0.25) is 0 Å². The Morgan fingerprint density at radius 2 is 2.06 bits per heavy atom. The van der Waals surface area contributed by atoms with Crippen molar-refractivity contribution in [2.45, 2.75) is 52.1 Å². The van der Waals surface area contributed by atoms with Crippen LogP contribution in [0.25, 0.3) is 0 Å². The van der Waals surface area contributed by atoms with Gasteiger partial charge in [0, 0.05) is 6.54 Å². The number of epoxide rings is 1. The van der Waals surface area contributed by atoms with Gasteiger partial charge in [0.05, 0.1) is 6.54 Å². The Hall–Kier alpha value is -0.810. The van der Waals surface area contributed by atoms with Gasteiger partial charge >= 0.3 is 6.09 Å². The van der Waals surface area contributed by atoms with E-state index in [2.05, 4.69) is 0 Å². The number of ether oxygens (including phenoxy) is 2. The number of hydrogen-bond donors (Lipinski definition) is 1. The van der Waals surface area contributed by atoms with E-state index in [1.165, 1.54) is 0 Å². The zero-order valence-corrected chi connectivity index (χ0v) is 10.4. The van der Waals surface area contributed by atoms with Crippen LogP contribution < -0.4 is 0 Å². The summed E-state index contributed by atoms with van der Waals surface area (Å²) in [5, 5.41) is 9.06. The third kappa shape index (κ3) is 4.37. The second kappa shape index (κ2) is 5.01. The first kappa shape index (κ1) is 13.3. The molecule has 1 amide bonds. The lowest BCUT2D eigenvalue weighted by Gasteiger charge is -2.26. The first-order valence-electron chi connectivity index (χ1n) is 5.65. The van der Waals surface area contributed by atoms with Crippen LogP contribution in [-0.2, 0) is 9.47 Å². The molecule has 2 unspecified atom stereocenters. The van der Waals surface area contributed by atoms with E-state index in [4.69, 9.17) is 14.6 Å². The van der Waals surface area contributed by atoms with Crippen molar-refractivity contribution in [3.63, 3.8) is 0 Å². The van der Waals surface area contributed by atoms with E-state index in [0.29, 0.717) is 13.1 Å². The van der Waals surface area contributed by atoms with Crippen LogP contribution in [0.5, 0.6) is 0 Å². The Morgan fingerprint density at radius 1 is 1.50 bits per heavy atom. The topological polar surface area (TPSA) is 62.3 Å². The molecule has 0 aromatic carbocycles. The van der Waals surface area contributed by atoms with Gasteiger partial charge in [0.1, 0.15) is 11.7 Å². The van der Waals surface area contributed by atoms with Crippen LogP contribution in [0.15, 0.2) is 0 Å². The summed E-state index contributed by atoms with van der Waals surface area (Å²) in [6, 6.07) is 0. The normalized spacial score (nSPS) is 24.1. The number of aliphatic hydroxyl groups excluding tert-OH is 1. The largest absolute Gasteiger partial charge is 0.444 e. The minimum absolute atomic E-state index is 0.251. The quantitative estimate of drug-likeness (QED) is 0.742. The SMILES string of the molecule is CCCN(CC1OC1O)C(=O)OC(C)(C)C. The molecule has 0 aromatic heterocycles. The van der Waals surface area contributed by atoms with E-state index in [9.17, 15) is 4.79 Å². The predicted octanol–water partition coefficient (Wildman–Crippen LogP) is 1.35. The molecular weight excluding hydrogens is 210 g/mol. The Labute approximate surface area is 96.3 Å². The highest BCUT2D eigenvalue weighted by molar-refractivity contribution is 5.68. The summed E-state index contributed by atoms with van der Waals surface area (Å²) < 4.78 is 10.1. The molecule has 5 heteroatoms. The van der Waals surface area contributed by atoms with E-state index in [-0.39, 0.29) is 12.2 Å². The van der Waals surface area contributed by atoms with E-state index >= 15 is 0 Å². The fourth-order valence-electron chi connectivity index (χ4n) is 1.34. The summed E-state index contributed by atoms with van der Waals surface area (Å²) in [5.41, 5.74) is -0.494. The highest BCUT2D eigenvalue weighted by Crippen LogP contribution is 2.21. The number of hydrogen-bond acceptors (Lipinski definition) is 4. The lowest BCUT2D eigenvalue weighted by molar-refractivity contribution is 0.0237. The Balaban J connectivity index is 2.45. The monoisotopic (exact) mass is 231 g/mol. The van der Waals surface area contributed by atoms with Crippen molar-refractivity contribution >= 4 is 6.09 Å². The second-order valence-corrected chi connectivity index (χ2v) is 4.99. The Morgan fingerprint density at radius 3 is 2.44 bits per heavy atom. The van der Waals surface area contributed by atoms with Crippen LogP contribution in [0, 0.1) is 0 Å².